The van der Waals surface area contributed by atoms with Crippen molar-refractivity contribution in [2.45, 2.75) is 58.7 Å². The molecule has 1 aromatic heterocycles. The van der Waals surface area contributed by atoms with Crippen molar-refractivity contribution in [1.29, 1.82) is 0 Å². The molecule has 0 amide bonds. The molecule has 0 fully saturated rings. The molecule has 116 valence electrons. The quantitative estimate of drug-likeness (QED) is 0.799. The van der Waals surface area contributed by atoms with Crippen molar-refractivity contribution in [1.82, 2.24) is 20.0 Å². The molecule has 0 spiro atoms. The summed E-state index contributed by atoms with van der Waals surface area (Å²) in [6.45, 7) is 10.5. The third-order valence-corrected chi connectivity index (χ3v) is 4.76. The molecule has 0 bridgehead atoms. The predicted octanol–water partition coefficient (Wildman–Crippen LogP) is 3.33. The van der Waals surface area contributed by atoms with Gasteiger partial charge in [0.05, 0.1) is 23.0 Å². The van der Waals surface area contributed by atoms with Crippen LogP contribution < -0.4 is 5.32 Å². The lowest BCUT2D eigenvalue weighted by atomic mass is 9.81. The Kier molecular flexibility index (Phi) is 6.49. The molecule has 1 unspecified atom stereocenters. The van der Waals surface area contributed by atoms with E-state index in [2.05, 4.69) is 57.1 Å². The summed E-state index contributed by atoms with van der Waals surface area (Å²) in [7, 11) is 4.30. The van der Waals surface area contributed by atoms with Gasteiger partial charge in [0.15, 0.2) is 0 Å². The maximum atomic E-state index is 6.44. The second-order valence-corrected chi connectivity index (χ2v) is 5.80. The number of halogens is 1. The highest BCUT2D eigenvalue weighted by Crippen LogP contribution is 2.38. The van der Waals surface area contributed by atoms with Crippen LogP contribution >= 0.6 is 11.6 Å². The molecule has 4 nitrogen and oxygen atoms in total. The van der Waals surface area contributed by atoms with Crippen molar-refractivity contribution in [3.05, 3.63) is 16.9 Å². The molecule has 0 aliphatic heterocycles. The van der Waals surface area contributed by atoms with Crippen molar-refractivity contribution in [2.75, 3.05) is 20.6 Å². The minimum absolute atomic E-state index is 0.0343. The highest BCUT2D eigenvalue weighted by molar-refractivity contribution is 6.31. The maximum absolute atomic E-state index is 6.44. The molecule has 1 aromatic rings. The van der Waals surface area contributed by atoms with Crippen LogP contribution in [0.5, 0.6) is 0 Å². The second kappa shape index (κ2) is 7.43. The van der Waals surface area contributed by atoms with Gasteiger partial charge in [0, 0.05) is 12.1 Å². The highest BCUT2D eigenvalue weighted by Gasteiger charge is 2.41. The Hall–Kier alpha value is -0.580. The number of aryl methyl sites for hydroxylation is 1. The molecule has 0 saturated carbocycles. The summed E-state index contributed by atoms with van der Waals surface area (Å²) in [6, 6.07) is 0.174. The van der Waals surface area contributed by atoms with E-state index in [-0.39, 0.29) is 11.6 Å². The average molecular weight is 301 g/mol. The summed E-state index contributed by atoms with van der Waals surface area (Å²) in [5.41, 5.74) is 1.14. The van der Waals surface area contributed by atoms with Crippen LogP contribution in [0.4, 0.5) is 0 Å². The first kappa shape index (κ1) is 17.5. The van der Waals surface area contributed by atoms with Crippen LogP contribution in [0.2, 0.25) is 5.02 Å². The first-order chi connectivity index (χ1) is 9.48. The molecule has 0 aliphatic carbocycles. The average Bonchev–Trinajstić information content (AvgIpc) is 2.80. The van der Waals surface area contributed by atoms with Crippen molar-refractivity contribution in [3.8, 4) is 0 Å². The first-order valence-corrected chi connectivity index (χ1v) is 7.98. The number of rotatable bonds is 8. The van der Waals surface area contributed by atoms with E-state index in [0.29, 0.717) is 0 Å². The lowest BCUT2D eigenvalue weighted by Gasteiger charge is -2.45. The van der Waals surface area contributed by atoms with Gasteiger partial charge >= 0.3 is 0 Å². The molecule has 0 aromatic carbocycles. The Bertz CT molecular complexity index is 410. The van der Waals surface area contributed by atoms with Crippen LogP contribution in [0, 0.1) is 0 Å². The number of hydrogen-bond donors (Lipinski definition) is 1. The molecule has 0 saturated heterocycles. The molecule has 1 atom stereocenters. The Labute approximate surface area is 128 Å². The van der Waals surface area contributed by atoms with Crippen LogP contribution in [-0.2, 0) is 6.54 Å². The third-order valence-electron chi connectivity index (χ3n) is 4.47. The summed E-state index contributed by atoms with van der Waals surface area (Å²) in [4.78, 5) is 2.32. The molecular weight excluding hydrogens is 272 g/mol. The van der Waals surface area contributed by atoms with Crippen molar-refractivity contribution >= 4 is 11.6 Å². The lowest BCUT2D eigenvalue weighted by Crippen LogP contribution is -2.53. The van der Waals surface area contributed by atoms with Crippen LogP contribution in [0.3, 0.4) is 0 Å². The van der Waals surface area contributed by atoms with Gasteiger partial charge < -0.3 is 10.2 Å². The smallest absolute Gasteiger partial charge is 0.0834 e. The Morgan fingerprint density at radius 2 is 1.90 bits per heavy atom. The fourth-order valence-corrected chi connectivity index (χ4v) is 3.46. The molecule has 0 aliphatic rings. The van der Waals surface area contributed by atoms with Crippen molar-refractivity contribution in [2.24, 2.45) is 0 Å². The Balaban J connectivity index is 3.38. The van der Waals surface area contributed by atoms with E-state index in [1.54, 1.807) is 6.20 Å². The molecule has 20 heavy (non-hydrogen) atoms. The monoisotopic (exact) mass is 300 g/mol. The minimum Gasteiger partial charge on any atom is -0.307 e. The maximum Gasteiger partial charge on any atom is 0.0834 e. The van der Waals surface area contributed by atoms with Crippen LogP contribution in [0.15, 0.2) is 6.20 Å². The zero-order valence-corrected chi connectivity index (χ0v) is 14.5. The summed E-state index contributed by atoms with van der Waals surface area (Å²) in [5.74, 6) is 0. The lowest BCUT2D eigenvalue weighted by molar-refractivity contribution is 0.0848. The van der Waals surface area contributed by atoms with E-state index in [0.717, 1.165) is 36.6 Å². The normalized spacial score (nSPS) is 14.0. The molecule has 1 heterocycles. The number of nitrogens with zero attached hydrogens (tertiary/aromatic N) is 3. The number of hydrogen-bond acceptors (Lipinski definition) is 3. The standard InChI is InChI=1S/C15H29ClN4/c1-7-15(8-2,19(5)6)14(17-9-3)13-12(16)11-18-20(13)10-4/h11,14,17H,7-10H2,1-6H3. The largest absolute Gasteiger partial charge is 0.307 e. The topological polar surface area (TPSA) is 33.1 Å². The van der Waals surface area contributed by atoms with Gasteiger partial charge in [-0.05, 0) is 40.4 Å². The fraction of sp³-hybridized carbons (Fsp3) is 0.800. The summed E-state index contributed by atoms with van der Waals surface area (Å²) < 4.78 is 2.01. The second-order valence-electron chi connectivity index (χ2n) is 5.39. The van der Waals surface area contributed by atoms with Crippen LogP contribution in [-0.4, -0.2) is 40.9 Å². The van der Waals surface area contributed by atoms with Gasteiger partial charge in [0.25, 0.3) is 0 Å². The van der Waals surface area contributed by atoms with Gasteiger partial charge in [-0.15, -0.1) is 0 Å². The van der Waals surface area contributed by atoms with E-state index < -0.39 is 0 Å². The van der Waals surface area contributed by atoms with Gasteiger partial charge in [0.2, 0.25) is 0 Å². The van der Waals surface area contributed by atoms with Gasteiger partial charge in [-0.1, -0.05) is 32.4 Å². The summed E-state index contributed by atoms with van der Waals surface area (Å²) in [6.07, 6.45) is 3.87. The molecule has 1 N–H and O–H groups in total. The molecule has 0 radical (unpaired) electrons. The Morgan fingerprint density at radius 3 is 2.30 bits per heavy atom. The van der Waals surface area contributed by atoms with Gasteiger partial charge in [0.1, 0.15) is 0 Å². The van der Waals surface area contributed by atoms with E-state index in [1.807, 2.05) is 4.68 Å². The Morgan fingerprint density at radius 1 is 1.30 bits per heavy atom. The third kappa shape index (κ3) is 3.02. The van der Waals surface area contributed by atoms with Gasteiger partial charge in [-0.2, -0.15) is 5.10 Å². The zero-order chi connectivity index (χ0) is 15.3. The van der Waals surface area contributed by atoms with Crippen LogP contribution in [0.25, 0.3) is 0 Å². The summed E-state index contributed by atoms with van der Waals surface area (Å²) in [5, 5.41) is 8.80. The van der Waals surface area contributed by atoms with E-state index in [4.69, 9.17) is 11.6 Å². The number of aromatic nitrogens is 2. The SMILES string of the molecule is CCNC(c1c(Cl)cnn1CC)C(CC)(CC)N(C)C. The first-order valence-electron chi connectivity index (χ1n) is 7.60. The van der Waals surface area contributed by atoms with Crippen molar-refractivity contribution in [3.63, 3.8) is 0 Å². The zero-order valence-electron chi connectivity index (χ0n) is 13.7. The highest BCUT2D eigenvalue weighted by atomic mass is 35.5. The van der Waals surface area contributed by atoms with E-state index >= 15 is 0 Å². The number of nitrogens with one attached hydrogen (secondary N) is 1. The minimum atomic E-state index is 0.0343. The summed E-state index contributed by atoms with van der Waals surface area (Å²) >= 11 is 6.44. The molecular formula is C15H29ClN4. The molecule has 1 rings (SSSR count). The van der Waals surface area contributed by atoms with Gasteiger partial charge in [-0.25, -0.2) is 0 Å². The van der Waals surface area contributed by atoms with Crippen LogP contribution in [0.1, 0.15) is 52.3 Å². The molecule has 5 heteroatoms. The predicted molar refractivity (Wildman–Crippen MR) is 86.3 cm³/mol. The van der Waals surface area contributed by atoms with Crippen molar-refractivity contribution < 1.29 is 0 Å². The van der Waals surface area contributed by atoms with Gasteiger partial charge in [-0.3, -0.25) is 4.68 Å². The number of likely N-dealkylation sites (N-methyl/N-ethyl adjacent to an activating group) is 2. The van der Waals surface area contributed by atoms with E-state index in [9.17, 15) is 0 Å². The fourth-order valence-electron chi connectivity index (χ4n) is 3.21. The van der Waals surface area contributed by atoms with E-state index in [1.165, 1.54) is 0 Å².